The van der Waals surface area contributed by atoms with Gasteiger partial charge in [-0.25, -0.2) is 0 Å². The second kappa shape index (κ2) is 5.21. The molecule has 1 fully saturated rings. The molecule has 2 amide bonds. The Morgan fingerprint density at radius 2 is 2.11 bits per heavy atom. The average Bonchev–Trinajstić information content (AvgIpc) is 2.34. The smallest absolute Gasteiger partial charge is 0.251 e. The minimum Gasteiger partial charge on any atom is -0.348 e. The molecule has 0 aromatic heterocycles. The molecule has 1 aromatic rings. The molecule has 0 bridgehead atoms. The summed E-state index contributed by atoms with van der Waals surface area (Å²) in [5, 5.41) is 2.99. The fourth-order valence-corrected chi connectivity index (χ4v) is 2.22. The van der Waals surface area contributed by atoms with Gasteiger partial charge in [-0.2, -0.15) is 0 Å². The number of nitrogens with one attached hydrogen (secondary N) is 1. The lowest BCUT2D eigenvalue weighted by molar-refractivity contribution is -0.132. The summed E-state index contributed by atoms with van der Waals surface area (Å²) in [4.78, 5) is 25.1. The number of piperidine rings is 1. The zero-order valence-electron chi connectivity index (χ0n) is 10.8. The van der Waals surface area contributed by atoms with Crippen LogP contribution >= 0.6 is 0 Å². The first-order valence-electron chi connectivity index (χ1n) is 6.18. The number of rotatable bonds is 2. The van der Waals surface area contributed by atoms with Crippen LogP contribution in [0.2, 0.25) is 0 Å². The van der Waals surface area contributed by atoms with Crippen molar-refractivity contribution in [3.05, 3.63) is 35.4 Å². The predicted octanol–water partition coefficient (Wildman–Crippen LogP) is 1.35. The van der Waals surface area contributed by atoms with Crippen LogP contribution in [0.15, 0.2) is 24.3 Å². The monoisotopic (exact) mass is 246 g/mol. The summed E-state index contributed by atoms with van der Waals surface area (Å²) in [5.41, 5.74) is 1.67. The van der Waals surface area contributed by atoms with Crippen LogP contribution in [0, 0.1) is 6.92 Å². The van der Waals surface area contributed by atoms with Crippen LogP contribution in [0.5, 0.6) is 0 Å². The molecular weight excluding hydrogens is 228 g/mol. The molecule has 1 saturated heterocycles. The molecule has 18 heavy (non-hydrogen) atoms. The van der Waals surface area contributed by atoms with E-state index in [9.17, 15) is 9.59 Å². The minimum atomic E-state index is -0.0548. The van der Waals surface area contributed by atoms with Gasteiger partial charge in [0.2, 0.25) is 5.91 Å². The molecule has 1 atom stereocenters. The number of carbonyl (C=O) groups is 2. The third-order valence-electron chi connectivity index (χ3n) is 3.35. The molecule has 0 saturated carbocycles. The number of aryl methyl sites for hydroxylation is 1. The number of hydrogen-bond acceptors (Lipinski definition) is 2. The maximum Gasteiger partial charge on any atom is 0.251 e. The van der Waals surface area contributed by atoms with E-state index in [1.54, 1.807) is 11.9 Å². The molecule has 0 radical (unpaired) electrons. The number of likely N-dealkylation sites (tertiary alicyclic amines) is 1. The Hall–Kier alpha value is -1.84. The maximum atomic E-state index is 12.1. The summed E-state index contributed by atoms with van der Waals surface area (Å²) in [7, 11) is 1.77. The van der Waals surface area contributed by atoms with Crippen molar-refractivity contribution in [1.29, 1.82) is 0 Å². The first-order chi connectivity index (χ1) is 8.58. The van der Waals surface area contributed by atoms with Gasteiger partial charge in [-0.1, -0.05) is 18.2 Å². The highest BCUT2D eigenvalue weighted by Gasteiger charge is 2.24. The summed E-state index contributed by atoms with van der Waals surface area (Å²) in [6.07, 6.45) is 1.23. The SMILES string of the molecule is Cc1ccccc1C(=O)NC1CCC(=O)N(C)C1. The molecule has 4 heteroatoms. The highest BCUT2D eigenvalue weighted by Crippen LogP contribution is 2.12. The zero-order valence-corrected chi connectivity index (χ0v) is 10.8. The van der Waals surface area contributed by atoms with Crippen LogP contribution in [-0.4, -0.2) is 36.3 Å². The molecule has 1 unspecified atom stereocenters. The first-order valence-corrected chi connectivity index (χ1v) is 6.18. The average molecular weight is 246 g/mol. The summed E-state index contributed by atoms with van der Waals surface area (Å²) in [5.74, 6) is 0.0947. The van der Waals surface area contributed by atoms with Gasteiger partial charge in [0.1, 0.15) is 0 Å². The predicted molar refractivity (Wildman–Crippen MR) is 69.3 cm³/mol. The molecule has 2 rings (SSSR count). The Balaban J connectivity index is 2.00. The number of hydrogen-bond donors (Lipinski definition) is 1. The molecular formula is C14H18N2O2. The molecule has 4 nitrogen and oxygen atoms in total. The minimum absolute atomic E-state index is 0.0548. The van der Waals surface area contributed by atoms with Crippen molar-refractivity contribution in [1.82, 2.24) is 10.2 Å². The van der Waals surface area contributed by atoms with Gasteiger partial charge < -0.3 is 10.2 Å². The third kappa shape index (κ3) is 2.70. The summed E-state index contributed by atoms with van der Waals surface area (Å²) < 4.78 is 0. The summed E-state index contributed by atoms with van der Waals surface area (Å²) in [6, 6.07) is 7.57. The molecule has 0 aliphatic carbocycles. The van der Waals surface area contributed by atoms with E-state index in [0.29, 0.717) is 18.5 Å². The summed E-state index contributed by atoms with van der Waals surface area (Å²) >= 11 is 0. The van der Waals surface area contributed by atoms with Crippen LogP contribution < -0.4 is 5.32 Å². The van der Waals surface area contributed by atoms with Crippen molar-refractivity contribution in [3.63, 3.8) is 0 Å². The number of nitrogens with zero attached hydrogens (tertiary/aromatic N) is 1. The van der Waals surface area contributed by atoms with E-state index in [1.807, 2.05) is 31.2 Å². The van der Waals surface area contributed by atoms with E-state index in [0.717, 1.165) is 12.0 Å². The molecule has 0 spiro atoms. The van der Waals surface area contributed by atoms with E-state index in [1.165, 1.54) is 0 Å². The maximum absolute atomic E-state index is 12.1. The second-order valence-electron chi connectivity index (χ2n) is 4.80. The second-order valence-corrected chi connectivity index (χ2v) is 4.80. The standard InChI is InChI=1S/C14H18N2O2/c1-10-5-3-4-6-12(10)14(18)15-11-7-8-13(17)16(2)9-11/h3-6,11H,7-9H2,1-2H3,(H,15,18). The van der Waals surface area contributed by atoms with Gasteiger partial charge in [0.05, 0.1) is 0 Å². The van der Waals surface area contributed by atoms with Gasteiger partial charge >= 0.3 is 0 Å². The Morgan fingerprint density at radius 1 is 1.39 bits per heavy atom. The van der Waals surface area contributed by atoms with Crippen LogP contribution in [-0.2, 0) is 4.79 Å². The van der Waals surface area contributed by atoms with E-state index in [4.69, 9.17) is 0 Å². The number of amides is 2. The fraction of sp³-hybridized carbons (Fsp3) is 0.429. The number of benzene rings is 1. The van der Waals surface area contributed by atoms with Gasteiger partial charge in [-0.15, -0.1) is 0 Å². The van der Waals surface area contributed by atoms with Gasteiger partial charge in [0, 0.05) is 31.6 Å². The fourth-order valence-electron chi connectivity index (χ4n) is 2.22. The molecule has 1 aromatic carbocycles. The Labute approximate surface area is 107 Å². The van der Waals surface area contributed by atoms with Gasteiger partial charge in [-0.3, -0.25) is 9.59 Å². The van der Waals surface area contributed by atoms with Crippen molar-refractivity contribution in [2.24, 2.45) is 0 Å². The quantitative estimate of drug-likeness (QED) is 0.856. The lowest BCUT2D eigenvalue weighted by atomic mass is 10.0. The molecule has 96 valence electrons. The number of likely N-dealkylation sites (N-methyl/N-ethyl adjacent to an activating group) is 1. The molecule has 1 heterocycles. The van der Waals surface area contributed by atoms with Crippen LogP contribution in [0.25, 0.3) is 0 Å². The van der Waals surface area contributed by atoms with Gasteiger partial charge in [-0.05, 0) is 25.0 Å². The number of carbonyl (C=O) groups excluding carboxylic acids is 2. The normalized spacial score (nSPS) is 19.8. The van der Waals surface area contributed by atoms with Crippen molar-refractivity contribution in [2.75, 3.05) is 13.6 Å². The van der Waals surface area contributed by atoms with Crippen molar-refractivity contribution in [3.8, 4) is 0 Å². The van der Waals surface area contributed by atoms with Crippen LogP contribution in [0.3, 0.4) is 0 Å². The third-order valence-corrected chi connectivity index (χ3v) is 3.35. The lowest BCUT2D eigenvalue weighted by Gasteiger charge is -2.30. The van der Waals surface area contributed by atoms with Gasteiger partial charge in [0.25, 0.3) is 5.91 Å². The summed E-state index contributed by atoms with van der Waals surface area (Å²) in [6.45, 7) is 2.52. The molecule has 1 aliphatic rings. The Kier molecular flexibility index (Phi) is 3.65. The largest absolute Gasteiger partial charge is 0.348 e. The van der Waals surface area contributed by atoms with Crippen molar-refractivity contribution in [2.45, 2.75) is 25.8 Å². The Bertz CT molecular complexity index is 471. The van der Waals surface area contributed by atoms with Crippen LogP contribution in [0.4, 0.5) is 0 Å². The molecule has 1 N–H and O–H groups in total. The van der Waals surface area contributed by atoms with Crippen LogP contribution in [0.1, 0.15) is 28.8 Å². The van der Waals surface area contributed by atoms with E-state index < -0.39 is 0 Å². The first kappa shape index (κ1) is 12.6. The van der Waals surface area contributed by atoms with E-state index >= 15 is 0 Å². The zero-order chi connectivity index (χ0) is 13.1. The Morgan fingerprint density at radius 3 is 2.78 bits per heavy atom. The highest BCUT2D eigenvalue weighted by atomic mass is 16.2. The van der Waals surface area contributed by atoms with Crippen molar-refractivity contribution >= 4 is 11.8 Å². The van der Waals surface area contributed by atoms with Crippen molar-refractivity contribution < 1.29 is 9.59 Å². The van der Waals surface area contributed by atoms with Gasteiger partial charge in [0.15, 0.2) is 0 Å². The van der Waals surface area contributed by atoms with E-state index in [-0.39, 0.29) is 17.9 Å². The molecule has 1 aliphatic heterocycles. The topological polar surface area (TPSA) is 49.4 Å². The highest BCUT2D eigenvalue weighted by molar-refractivity contribution is 5.95. The lowest BCUT2D eigenvalue weighted by Crippen LogP contribution is -2.48. The van der Waals surface area contributed by atoms with E-state index in [2.05, 4.69) is 5.32 Å².